The van der Waals surface area contributed by atoms with Crippen molar-refractivity contribution >= 4 is 35.6 Å². The van der Waals surface area contributed by atoms with Gasteiger partial charge < -0.3 is 23.8 Å². The summed E-state index contributed by atoms with van der Waals surface area (Å²) in [5.74, 6) is -1.46. The Labute approximate surface area is 190 Å². The van der Waals surface area contributed by atoms with E-state index in [1.807, 2.05) is 13.8 Å². The maximum Gasteiger partial charge on any atom is 0.303 e. The van der Waals surface area contributed by atoms with Crippen molar-refractivity contribution < 1.29 is 38.1 Å². The van der Waals surface area contributed by atoms with Crippen molar-refractivity contribution in [1.82, 2.24) is 9.88 Å². The molecule has 32 heavy (non-hydrogen) atoms. The zero-order valence-corrected chi connectivity index (χ0v) is 19.5. The van der Waals surface area contributed by atoms with Gasteiger partial charge in [0.15, 0.2) is 23.7 Å². The third kappa shape index (κ3) is 6.84. The lowest BCUT2D eigenvalue weighted by Crippen LogP contribution is -2.55. The van der Waals surface area contributed by atoms with Crippen molar-refractivity contribution in [3.8, 4) is 5.75 Å². The molecule has 1 aromatic rings. The van der Waals surface area contributed by atoms with Crippen molar-refractivity contribution in [2.24, 2.45) is 0 Å². The minimum Gasteiger partial charge on any atom is -0.474 e. The molecule has 10 nitrogen and oxygen atoms in total. The third-order valence-corrected chi connectivity index (χ3v) is 5.78. The highest BCUT2D eigenvalue weighted by Crippen LogP contribution is 2.34. The van der Waals surface area contributed by atoms with E-state index in [9.17, 15) is 19.2 Å². The minimum absolute atomic E-state index is 0.187. The first kappa shape index (κ1) is 25.4. The number of ether oxygens (including phenoxy) is 4. The van der Waals surface area contributed by atoms with Crippen LogP contribution in [0.25, 0.3) is 0 Å². The number of thioether (sulfide) groups is 1. The summed E-state index contributed by atoms with van der Waals surface area (Å²) in [6.07, 6.45) is -0.0479. The Balaban J connectivity index is 2.30. The predicted octanol–water partition coefficient (Wildman–Crippen LogP) is 1.81. The highest BCUT2D eigenvalue weighted by atomic mass is 32.2. The van der Waals surface area contributed by atoms with Crippen LogP contribution < -0.4 is 4.74 Å². The second kappa shape index (κ2) is 11.7. The summed E-state index contributed by atoms with van der Waals surface area (Å²) in [5.41, 5.74) is -0.443. The molecule has 1 saturated heterocycles. The van der Waals surface area contributed by atoms with E-state index in [0.717, 1.165) is 0 Å². The fourth-order valence-electron chi connectivity index (χ4n) is 3.24. The molecule has 0 unspecified atom stereocenters. The van der Waals surface area contributed by atoms with E-state index in [4.69, 9.17) is 18.9 Å². The van der Waals surface area contributed by atoms with Gasteiger partial charge in [0.25, 0.3) is 5.91 Å². The second-order valence-corrected chi connectivity index (χ2v) is 8.13. The Morgan fingerprint density at radius 2 is 1.56 bits per heavy atom. The van der Waals surface area contributed by atoms with Crippen molar-refractivity contribution in [1.29, 1.82) is 0 Å². The van der Waals surface area contributed by atoms with Gasteiger partial charge in [0.05, 0.1) is 11.8 Å². The Morgan fingerprint density at radius 1 is 0.969 bits per heavy atom. The molecule has 1 fully saturated rings. The van der Waals surface area contributed by atoms with Crippen LogP contribution in [0.1, 0.15) is 45.0 Å². The van der Waals surface area contributed by atoms with Crippen molar-refractivity contribution in [2.45, 2.75) is 58.4 Å². The molecular weight excluding hydrogens is 440 g/mol. The lowest BCUT2D eigenvalue weighted by atomic mass is 10.1. The Hall–Kier alpha value is -2.82. The zero-order chi connectivity index (χ0) is 23.8. The number of hydrogen-bond donors (Lipinski definition) is 0. The Morgan fingerprint density at radius 3 is 2.12 bits per heavy atom. The molecule has 11 heteroatoms. The Kier molecular flexibility index (Phi) is 9.30. The first-order chi connectivity index (χ1) is 15.2. The number of carbonyl (C=O) groups is 4. The molecule has 0 bridgehead atoms. The van der Waals surface area contributed by atoms with Crippen LogP contribution in [0.5, 0.6) is 5.75 Å². The molecule has 0 N–H and O–H groups in total. The molecule has 0 aromatic carbocycles. The van der Waals surface area contributed by atoms with E-state index in [1.165, 1.54) is 44.9 Å². The van der Waals surface area contributed by atoms with Crippen LogP contribution >= 0.6 is 11.8 Å². The van der Waals surface area contributed by atoms with Gasteiger partial charge in [0.1, 0.15) is 5.75 Å². The molecule has 0 spiro atoms. The smallest absolute Gasteiger partial charge is 0.303 e. The number of rotatable bonds is 8. The summed E-state index contributed by atoms with van der Waals surface area (Å²) in [7, 11) is 0. The number of carbonyl (C=O) groups excluding carboxylic acids is 4. The number of nitrogens with zero attached hydrogens (tertiary/aromatic N) is 2. The normalized spacial score (nSPS) is 22.4. The minimum atomic E-state index is -1.06. The van der Waals surface area contributed by atoms with E-state index in [2.05, 4.69) is 4.98 Å². The van der Waals surface area contributed by atoms with Gasteiger partial charge in [0.2, 0.25) is 0 Å². The molecule has 0 saturated carbocycles. The van der Waals surface area contributed by atoms with E-state index in [-0.39, 0.29) is 17.4 Å². The van der Waals surface area contributed by atoms with Crippen molar-refractivity contribution in [3.05, 3.63) is 24.0 Å². The predicted molar refractivity (Wildman–Crippen MR) is 115 cm³/mol. The van der Waals surface area contributed by atoms with Crippen molar-refractivity contribution in [3.63, 3.8) is 0 Å². The standard InChI is InChI=1S/C21H28N2O8S/c1-6-23(7-2)20(27)15-8-16(10-22-9-15)31-21-19(30-14(5)26)18(29-13(4)25)17(11-32-21)28-12(3)24/h8-10,17-19,21H,6-7,11H2,1-5H3/t17-,18+,19-,21-/m1/s1. The molecule has 0 aliphatic carbocycles. The number of esters is 3. The van der Waals surface area contributed by atoms with Crippen LogP contribution in [0.15, 0.2) is 18.5 Å². The van der Waals surface area contributed by atoms with E-state index >= 15 is 0 Å². The van der Waals surface area contributed by atoms with Crippen LogP contribution in [0.4, 0.5) is 0 Å². The molecule has 2 rings (SSSR count). The monoisotopic (exact) mass is 468 g/mol. The summed E-state index contributed by atoms with van der Waals surface area (Å²) in [6, 6.07) is 1.55. The topological polar surface area (TPSA) is 121 Å². The first-order valence-corrected chi connectivity index (χ1v) is 11.2. The van der Waals surface area contributed by atoms with Crippen molar-refractivity contribution in [2.75, 3.05) is 18.8 Å². The van der Waals surface area contributed by atoms with Crippen LogP contribution in [0.2, 0.25) is 0 Å². The number of pyridine rings is 1. The lowest BCUT2D eigenvalue weighted by Gasteiger charge is -2.39. The van der Waals surface area contributed by atoms with Gasteiger partial charge in [-0.05, 0) is 19.9 Å². The summed E-state index contributed by atoms with van der Waals surface area (Å²) < 4.78 is 22.0. The van der Waals surface area contributed by atoms with Crippen LogP contribution in [-0.4, -0.2) is 76.3 Å². The third-order valence-electron chi connectivity index (χ3n) is 4.57. The van der Waals surface area contributed by atoms with Crippen LogP contribution in [-0.2, 0) is 28.6 Å². The number of hydrogen-bond acceptors (Lipinski definition) is 10. The maximum absolute atomic E-state index is 12.6. The van der Waals surface area contributed by atoms with Crippen LogP contribution in [0, 0.1) is 0 Å². The van der Waals surface area contributed by atoms with Gasteiger partial charge in [-0.3, -0.25) is 24.2 Å². The average molecular weight is 469 g/mol. The van der Waals surface area contributed by atoms with E-state index < -0.39 is 41.7 Å². The van der Waals surface area contributed by atoms with Gasteiger partial charge >= 0.3 is 17.9 Å². The summed E-state index contributed by atoms with van der Waals surface area (Å²) >= 11 is 1.23. The molecule has 2 heterocycles. The fourth-order valence-corrected chi connectivity index (χ4v) is 4.45. The molecule has 1 aliphatic heterocycles. The van der Waals surface area contributed by atoms with Gasteiger partial charge in [-0.15, -0.1) is 11.8 Å². The summed E-state index contributed by atoms with van der Waals surface area (Å²) in [6.45, 7) is 8.53. The number of aromatic nitrogens is 1. The van der Waals surface area contributed by atoms with Crippen LogP contribution in [0.3, 0.4) is 0 Å². The molecular formula is C21H28N2O8S. The lowest BCUT2D eigenvalue weighted by molar-refractivity contribution is -0.186. The zero-order valence-electron chi connectivity index (χ0n) is 18.7. The molecule has 4 atom stereocenters. The second-order valence-electron chi connectivity index (χ2n) is 7.00. The molecule has 0 radical (unpaired) electrons. The van der Waals surface area contributed by atoms with Gasteiger partial charge in [-0.2, -0.15) is 0 Å². The fraction of sp³-hybridized carbons (Fsp3) is 0.571. The average Bonchev–Trinajstić information content (AvgIpc) is 2.72. The van der Waals surface area contributed by atoms with E-state index in [1.54, 1.807) is 11.0 Å². The molecule has 1 aliphatic rings. The first-order valence-electron chi connectivity index (χ1n) is 10.2. The highest BCUT2D eigenvalue weighted by Gasteiger charge is 2.47. The quantitative estimate of drug-likeness (QED) is 0.412. The largest absolute Gasteiger partial charge is 0.474 e. The SMILES string of the molecule is CCN(CC)C(=O)c1cncc(O[C@@H]2SC[C@@H](OC(C)=O)[C@H](OC(C)=O)[C@H]2OC(C)=O)c1. The molecule has 1 amide bonds. The molecule has 176 valence electrons. The molecule has 1 aromatic heterocycles. The maximum atomic E-state index is 12.6. The van der Waals surface area contributed by atoms with E-state index in [0.29, 0.717) is 18.7 Å². The summed E-state index contributed by atoms with van der Waals surface area (Å²) in [4.78, 5) is 53.3. The summed E-state index contributed by atoms with van der Waals surface area (Å²) in [5, 5.41) is 0. The van der Waals surface area contributed by atoms with Gasteiger partial charge in [0, 0.05) is 45.8 Å². The van der Waals surface area contributed by atoms with Gasteiger partial charge in [-0.25, -0.2) is 0 Å². The Bertz CT molecular complexity index is 845. The highest BCUT2D eigenvalue weighted by molar-refractivity contribution is 7.99. The number of amides is 1. The van der Waals surface area contributed by atoms with Gasteiger partial charge in [-0.1, -0.05) is 0 Å².